The fourth-order valence-corrected chi connectivity index (χ4v) is 1.05. The van der Waals surface area contributed by atoms with Crippen LogP contribution in [0.3, 0.4) is 0 Å². The van der Waals surface area contributed by atoms with Gasteiger partial charge in [0.2, 0.25) is 5.05 Å². The third-order valence-electron chi connectivity index (χ3n) is 2.01. The van der Waals surface area contributed by atoms with Crippen LogP contribution in [0.25, 0.3) is 0 Å². The van der Waals surface area contributed by atoms with Crippen LogP contribution >= 0.6 is 12.2 Å². The van der Waals surface area contributed by atoms with Crippen molar-refractivity contribution in [3.8, 4) is 0 Å². The lowest BCUT2D eigenvalue weighted by molar-refractivity contribution is -0.291. The summed E-state index contributed by atoms with van der Waals surface area (Å²) < 4.78 is 92.5. The molecule has 0 rings (SSSR count). The van der Waals surface area contributed by atoms with E-state index in [1.165, 1.54) is 0 Å². The molecule has 0 aliphatic heterocycles. The van der Waals surface area contributed by atoms with Crippen molar-refractivity contribution in [3.05, 3.63) is 0 Å². The Balaban J connectivity index is 4.94. The first-order chi connectivity index (χ1) is 8.04. The Bertz CT molecular complexity index is 293. The molecule has 0 aromatic heterocycles. The summed E-state index contributed by atoms with van der Waals surface area (Å²) in [7, 11) is 0. The quantitative estimate of drug-likeness (QED) is 0.399. The highest BCUT2D eigenvalue weighted by atomic mass is 32.1. The molecule has 0 aliphatic rings. The first-order valence-corrected chi connectivity index (χ1v) is 5.32. The molecule has 0 saturated carbocycles. The summed E-state index contributed by atoms with van der Waals surface area (Å²) in [6.07, 6.45) is 0.743. The number of hydrogen-bond acceptors (Lipinski definition) is 2. The van der Waals surface area contributed by atoms with Gasteiger partial charge in [-0.15, -0.1) is 0 Å². The van der Waals surface area contributed by atoms with Crippen molar-refractivity contribution in [2.24, 2.45) is 0 Å². The number of unbranched alkanes of at least 4 members (excludes halogenated alkanes) is 1. The summed E-state index contributed by atoms with van der Waals surface area (Å²) in [5.74, 6) is -16.9. The van der Waals surface area contributed by atoms with E-state index in [1.807, 2.05) is 0 Å². The van der Waals surface area contributed by atoms with Crippen molar-refractivity contribution < 1.29 is 35.5 Å². The third kappa shape index (κ3) is 3.24. The van der Waals surface area contributed by atoms with Gasteiger partial charge >= 0.3 is 17.8 Å². The minimum absolute atomic E-state index is 0.237. The van der Waals surface area contributed by atoms with Crippen LogP contribution in [0, 0.1) is 0 Å². The number of halogens is 7. The second-order valence-electron chi connectivity index (χ2n) is 3.48. The zero-order chi connectivity index (χ0) is 14.6. The summed E-state index contributed by atoms with van der Waals surface area (Å²) in [5.41, 5.74) is 0. The molecule has 0 atom stereocenters. The van der Waals surface area contributed by atoms with Gasteiger partial charge in [-0.05, 0) is 18.6 Å². The van der Waals surface area contributed by atoms with Crippen LogP contribution in [-0.2, 0) is 4.74 Å². The van der Waals surface area contributed by atoms with Crippen molar-refractivity contribution in [2.75, 3.05) is 13.3 Å². The van der Waals surface area contributed by atoms with Crippen LogP contribution in [-0.4, -0.2) is 36.1 Å². The Labute approximate surface area is 104 Å². The van der Waals surface area contributed by atoms with E-state index in [4.69, 9.17) is 0 Å². The molecule has 0 unspecified atom stereocenters. The molecule has 0 N–H and O–H groups in total. The molecular formula is C9H11F7OS. The number of hydrogen-bond donors (Lipinski definition) is 0. The standard InChI is InChI=1S/C9H11F7OS/c1-2-3-4-17-6(18)8(13,14)9(15,16)7(11,12)5-10/h2-5H2,1H3. The summed E-state index contributed by atoms with van der Waals surface area (Å²) in [5, 5.41) is -1.96. The normalized spacial score (nSPS) is 13.6. The summed E-state index contributed by atoms with van der Waals surface area (Å²) in [6, 6.07) is 0. The number of ether oxygens (including phenoxy) is 1. The lowest BCUT2D eigenvalue weighted by Gasteiger charge is -2.31. The van der Waals surface area contributed by atoms with Crippen LogP contribution in [0.15, 0.2) is 0 Å². The smallest absolute Gasteiger partial charge is 0.383 e. The molecule has 0 aromatic carbocycles. The number of rotatable bonds is 7. The lowest BCUT2D eigenvalue weighted by Crippen LogP contribution is -2.58. The van der Waals surface area contributed by atoms with Gasteiger partial charge in [0.05, 0.1) is 6.61 Å². The van der Waals surface area contributed by atoms with E-state index in [2.05, 4.69) is 17.0 Å². The molecule has 1 nitrogen and oxygen atoms in total. The summed E-state index contributed by atoms with van der Waals surface area (Å²) in [4.78, 5) is 0. The van der Waals surface area contributed by atoms with Gasteiger partial charge in [0, 0.05) is 0 Å². The summed E-state index contributed by atoms with van der Waals surface area (Å²) >= 11 is 3.86. The average Bonchev–Trinajstić information content (AvgIpc) is 2.28. The zero-order valence-electron chi connectivity index (χ0n) is 9.29. The Morgan fingerprint density at radius 1 is 1.11 bits per heavy atom. The first-order valence-electron chi connectivity index (χ1n) is 4.91. The molecule has 0 saturated heterocycles. The Kier molecular flexibility index (Phi) is 5.83. The van der Waals surface area contributed by atoms with E-state index >= 15 is 0 Å². The van der Waals surface area contributed by atoms with E-state index in [0.717, 1.165) is 0 Å². The molecule has 9 heteroatoms. The van der Waals surface area contributed by atoms with Gasteiger partial charge < -0.3 is 4.74 Å². The molecule has 0 fully saturated rings. The molecule has 18 heavy (non-hydrogen) atoms. The number of thiocarbonyl (C=S) groups is 1. The minimum atomic E-state index is -5.95. The molecule has 0 aromatic rings. The van der Waals surface area contributed by atoms with E-state index < -0.39 is 36.1 Å². The van der Waals surface area contributed by atoms with Crippen LogP contribution in [0.4, 0.5) is 30.7 Å². The van der Waals surface area contributed by atoms with Gasteiger partial charge in [0.25, 0.3) is 0 Å². The van der Waals surface area contributed by atoms with Crippen molar-refractivity contribution in [1.29, 1.82) is 0 Å². The lowest BCUT2D eigenvalue weighted by atomic mass is 10.1. The van der Waals surface area contributed by atoms with Gasteiger partial charge in [-0.25, -0.2) is 4.39 Å². The van der Waals surface area contributed by atoms with Crippen molar-refractivity contribution in [3.63, 3.8) is 0 Å². The first kappa shape index (κ1) is 17.4. The van der Waals surface area contributed by atoms with E-state index in [0.29, 0.717) is 6.42 Å². The Morgan fingerprint density at radius 2 is 1.61 bits per heavy atom. The molecule has 0 heterocycles. The predicted octanol–water partition coefficient (Wildman–Crippen LogP) is 4.01. The van der Waals surface area contributed by atoms with Crippen LogP contribution in [0.2, 0.25) is 0 Å². The molecular weight excluding hydrogens is 289 g/mol. The second-order valence-corrected chi connectivity index (χ2v) is 3.85. The molecule has 0 bridgehead atoms. The highest BCUT2D eigenvalue weighted by Gasteiger charge is 2.74. The van der Waals surface area contributed by atoms with Crippen LogP contribution < -0.4 is 0 Å². The van der Waals surface area contributed by atoms with Crippen molar-refractivity contribution in [1.82, 2.24) is 0 Å². The van der Waals surface area contributed by atoms with Gasteiger partial charge in [-0.3, -0.25) is 0 Å². The number of alkyl halides is 7. The average molecular weight is 300 g/mol. The van der Waals surface area contributed by atoms with Gasteiger partial charge in [-0.2, -0.15) is 26.3 Å². The predicted molar refractivity (Wildman–Crippen MR) is 54.3 cm³/mol. The minimum Gasteiger partial charge on any atom is -0.482 e. The maximum Gasteiger partial charge on any atom is 0.383 e. The van der Waals surface area contributed by atoms with Crippen molar-refractivity contribution in [2.45, 2.75) is 37.5 Å². The molecule has 0 aliphatic carbocycles. The van der Waals surface area contributed by atoms with Gasteiger partial charge in [0.1, 0.15) is 0 Å². The maximum atomic E-state index is 13.0. The topological polar surface area (TPSA) is 9.23 Å². The monoisotopic (exact) mass is 300 g/mol. The van der Waals surface area contributed by atoms with Crippen LogP contribution in [0.1, 0.15) is 19.8 Å². The molecule has 0 amide bonds. The fourth-order valence-electron chi connectivity index (χ4n) is 0.842. The zero-order valence-corrected chi connectivity index (χ0v) is 10.1. The summed E-state index contributed by atoms with van der Waals surface area (Å²) in [6.45, 7) is -1.66. The van der Waals surface area contributed by atoms with Crippen LogP contribution in [0.5, 0.6) is 0 Å². The largest absolute Gasteiger partial charge is 0.482 e. The van der Waals surface area contributed by atoms with E-state index in [9.17, 15) is 30.7 Å². The Morgan fingerprint density at radius 3 is 2.00 bits per heavy atom. The third-order valence-corrected chi connectivity index (χ3v) is 2.38. The second kappa shape index (κ2) is 6.03. The highest BCUT2D eigenvalue weighted by Crippen LogP contribution is 2.46. The van der Waals surface area contributed by atoms with Crippen molar-refractivity contribution >= 4 is 17.3 Å². The SMILES string of the molecule is CCCCOC(=S)C(F)(F)C(F)(F)C(F)(F)CF. The Hall–Kier alpha value is -0.600. The van der Waals surface area contributed by atoms with Gasteiger partial charge in [0.15, 0.2) is 6.67 Å². The molecule has 0 spiro atoms. The highest BCUT2D eigenvalue weighted by molar-refractivity contribution is 7.80. The van der Waals surface area contributed by atoms with E-state index in [1.54, 1.807) is 6.92 Å². The molecule has 108 valence electrons. The van der Waals surface area contributed by atoms with E-state index in [-0.39, 0.29) is 6.42 Å². The van der Waals surface area contributed by atoms with Gasteiger partial charge in [-0.1, -0.05) is 13.3 Å². The maximum absolute atomic E-state index is 13.0. The molecule has 0 radical (unpaired) electrons. The fraction of sp³-hybridized carbons (Fsp3) is 0.889.